The maximum Gasteiger partial charge on any atom is 0.333 e. The Morgan fingerprint density at radius 1 is 0.861 bits per heavy atom. The Morgan fingerprint density at radius 2 is 1.44 bits per heavy atom. The summed E-state index contributed by atoms with van der Waals surface area (Å²) >= 11 is 0. The molecule has 3 atom stereocenters. The van der Waals surface area contributed by atoms with Crippen LogP contribution in [0.4, 0.5) is 0 Å². The van der Waals surface area contributed by atoms with E-state index in [0.717, 1.165) is 41.5 Å². The van der Waals surface area contributed by atoms with Crippen LogP contribution in [-0.2, 0) is 25.5 Å². The van der Waals surface area contributed by atoms with Crippen LogP contribution in [0.15, 0.2) is 42.5 Å². The summed E-state index contributed by atoms with van der Waals surface area (Å²) in [4.78, 5) is 23.6. The van der Waals surface area contributed by atoms with Gasteiger partial charge in [-0.1, -0.05) is 39.1 Å². The van der Waals surface area contributed by atoms with E-state index < -0.39 is 11.9 Å². The van der Waals surface area contributed by atoms with E-state index in [9.17, 15) is 9.59 Å². The molecule has 0 radical (unpaired) electrons. The second-order valence-corrected chi connectivity index (χ2v) is 10.0. The second-order valence-electron chi connectivity index (χ2n) is 10.0. The van der Waals surface area contributed by atoms with Crippen molar-refractivity contribution in [3.05, 3.63) is 59.2 Å². The molecule has 0 aliphatic heterocycles. The number of carbonyl (C=O) groups excluding carboxylic acids is 2. The fourth-order valence-corrected chi connectivity index (χ4v) is 5.51. The number of fused-ring (bicyclic) bond motifs is 6. The number of esters is 2. The summed E-state index contributed by atoms with van der Waals surface area (Å²) in [5, 5.41) is 2.00. The Bertz CT molecular complexity index is 1210. The standard InChI is InChI=1S/C30H36O6/c1-7-20-8-9-22-24(15-20)28(34-11-13-36-30(32)18(4)5)25-21-14-19(6)23(16-21)26(25)27(22)33-10-12-35-29(31)17(2)3/h8-9,15,19,21,23H,2,4,7,10-14,16H2,1,3,5-6H3. The van der Waals surface area contributed by atoms with E-state index in [-0.39, 0.29) is 26.4 Å². The van der Waals surface area contributed by atoms with Crippen molar-refractivity contribution < 1.29 is 28.5 Å². The third-order valence-electron chi connectivity index (χ3n) is 7.24. The summed E-state index contributed by atoms with van der Waals surface area (Å²) in [6, 6.07) is 6.40. The lowest BCUT2D eigenvalue weighted by Crippen LogP contribution is -2.17. The van der Waals surface area contributed by atoms with E-state index in [0.29, 0.717) is 28.9 Å². The van der Waals surface area contributed by atoms with Crippen molar-refractivity contribution in [2.75, 3.05) is 26.4 Å². The van der Waals surface area contributed by atoms with Crippen molar-refractivity contribution >= 4 is 22.7 Å². The van der Waals surface area contributed by atoms with Crippen LogP contribution in [0.5, 0.6) is 11.5 Å². The molecule has 6 nitrogen and oxygen atoms in total. The van der Waals surface area contributed by atoms with Gasteiger partial charge in [0.25, 0.3) is 0 Å². The summed E-state index contributed by atoms with van der Waals surface area (Å²) < 4.78 is 23.3. The van der Waals surface area contributed by atoms with Crippen molar-refractivity contribution in [3.63, 3.8) is 0 Å². The molecule has 2 aliphatic carbocycles. The van der Waals surface area contributed by atoms with E-state index in [1.807, 2.05) is 0 Å². The van der Waals surface area contributed by atoms with Crippen molar-refractivity contribution in [1.29, 1.82) is 0 Å². The SMILES string of the molecule is C=C(C)C(=O)OCCOc1c2c(c(OCCOC(=O)C(=C)C)c3ccc(CC)cc13)C1CC2CC1C. The second kappa shape index (κ2) is 10.8. The zero-order chi connectivity index (χ0) is 26.0. The lowest BCUT2D eigenvalue weighted by Gasteiger charge is -2.28. The van der Waals surface area contributed by atoms with Gasteiger partial charge < -0.3 is 18.9 Å². The Morgan fingerprint density at radius 3 is 2.00 bits per heavy atom. The number of ether oxygens (including phenoxy) is 4. The number of hydrogen-bond donors (Lipinski definition) is 0. The Balaban J connectivity index is 1.69. The van der Waals surface area contributed by atoms with Crippen LogP contribution in [0, 0.1) is 5.92 Å². The summed E-state index contributed by atoms with van der Waals surface area (Å²) in [6.45, 7) is 15.8. The highest BCUT2D eigenvalue weighted by atomic mass is 16.6. The minimum atomic E-state index is -0.412. The smallest absolute Gasteiger partial charge is 0.333 e. The lowest BCUT2D eigenvalue weighted by atomic mass is 9.81. The monoisotopic (exact) mass is 492 g/mol. The van der Waals surface area contributed by atoms with Crippen LogP contribution in [0.3, 0.4) is 0 Å². The maximum absolute atomic E-state index is 11.8. The molecule has 0 amide bonds. The quantitative estimate of drug-likeness (QED) is 0.217. The van der Waals surface area contributed by atoms with Gasteiger partial charge in [0.1, 0.15) is 37.9 Å². The minimum absolute atomic E-state index is 0.158. The van der Waals surface area contributed by atoms with Gasteiger partial charge in [-0.3, -0.25) is 0 Å². The highest BCUT2D eigenvalue weighted by Gasteiger charge is 2.46. The largest absolute Gasteiger partial charge is 0.489 e. The Hall–Kier alpha value is -3.28. The molecule has 2 aliphatic rings. The van der Waals surface area contributed by atoms with Gasteiger partial charge in [-0.2, -0.15) is 0 Å². The number of aryl methyl sites for hydroxylation is 1. The maximum atomic E-state index is 11.8. The predicted octanol–water partition coefficient (Wildman–Crippen LogP) is 6.01. The first kappa shape index (κ1) is 25.8. The number of rotatable bonds is 11. The van der Waals surface area contributed by atoms with E-state index in [1.165, 1.54) is 16.7 Å². The lowest BCUT2D eigenvalue weighted by molar-refractivity contribution is -0.140. The van der Waals surface area contributed by atoms with Crippen molar-refractivity contribution in [1.82, 2.24) is 0 Å². The average molecular weight is 493 g/mol. The predicted molar refractivity (Wildman–Crippen MR) is 140 cm³/mol. The molecule has 0 N–H and O–H groups in total. The topological polar surface area (TPSA) is 71.1 Å². The van der Waals surface area contributed by atoms with Gasteiger partial charge in [-0.25, -0.2) is 9.59 Å². The van der Waals surface area contributed by atoms with E-state index in [4.69, 9.17) is 18.9 Å². The Labute approximate surface area is 213 Å². The van der Waals surface area contributed by atoms with E-state index in [2.05, 4.69) is 45.2 Å². The molecule has 192 valence electrons. The molecule has 3 unspecified atom stereocenters. The minimum Gasteiger partial charge on any atom is -0.489 e. The molecule has 6 heteroatoms. The molecule has 0 saturated heterocycles. The zero-order valence-corrected chi connectivity index (χ0v) is 21.8. The highest BCUT2D eigenvalue weighted by Crippen LogP contribution is 2.63. The van der Waals surface area contributed by atoms with Crippen LogP contribution >= 0.6 is 0 Å². The molecular formula is C30H36O6. The van der Waals surface area contributed by atoms with E-state index in [1.54, 1.807) is 13.8 Å². The number of benzene rings is 2. The summed E-state index contributed by atoms with van der Waals surface area (Å²) in [7, 11) is 0. The van der Waals surface area contributed by atoms with Gasteiger partial charge in [0.2, 0.25) is 0 Å². The zero-order valence-electron chi connectivity index (χ0n) is 21.8. The molecule has 1 saturated carbocycles. The Kier molecular flexibility index (Phi) is 7.72. The molecule has 36 heavy (non-hydrogen) atoms. The fraction of sp³-hybridized carbons (Fsp3) is 0.467. The summed E-state index contributed by atoms with van der Waals surface area (Å²) in [5.74, 6) is 2.29. The molecule has 2 aromatic rings. The van der Waals surface area contributed by atoms with Crippen LogP contribution < -0.4 is 9.47 Å². The molecule has 2 aromatic carbocycles. The van der Waals surface area contributed by atoms with Gasteiger partial charge in [-0.15, -0.1) is 0 Å². The van der Waals surface area contributed by atoms with Gasteiger partial charge in [0, 0.05) is 33.0 Å². The molecule has 1 fully saturated rings. The van der Waals surface area contributed by atoms with E-state index >= 15 is 0 Å². The van der Waals surface area contributed by atoms with Crippen molar-refractivity contribution in [2.45, 2.75) is 58.8 Å². The molecular weight excluding hydrogens is 456 g/mol. The summed E-state index contributed by atoms with van der Waals surface area (Å²) in [5.41, 5.74) is 4.39. The van der Waals surface area contributed by atoms with Gasteiger partial charge >= 0.3 is 11.9 Å². The molecule has 0 spiro atoms. The van der Waals surface area contributed by atoms with Crippen molar-refractivity contribution in [3.8, 4) is 11.5 Å². The first-order valence-electron chi connectivity index (χ1n) is 12.8. The fourth-order valence-electron chi connectivity index (χ4n) is 5.51. The molecule has 0 aromatic heterocycles. The first-order chi connectivity index (χ1) is 17.2. The van der Waals surface area contributed by atoms with Crippen LogP contribution in [0.25, 0.3) is 10.8 Å². The molecule has 2 bridgehead atoms. The van der Waals surface area contributed by atoms with Gasteiger partial charge in [0.15, 0.2) is 0 Å². The number of carbonyl (C=O) groups is 2. The normalized spacial score (nSPS) is 19.6. The average Bonchev–Trinajstić information content (AvgIpc) is 3.41. The van der Waals surface area contributed by atoms with Gasteiger partial charge in [0.05, 0.1) is 0 Å². The van der Waals surface area contributed by atoms with Crippen LogP contribution in [0.1, 0.15) is 69.1 Å². The first-order valence-corrected chi connectivity index (χ1v) is 12.8. The number of hydrogen-bond acceptors (Lipinski definition) is 6. The van der Waals surface area contributed by atoms with Crippen molar-refractivity contribution in [2.24, 2.45) is 5.92 Å². The van der Waals surface area contributed by atoms with Crippen LogP contribution in [-0.4, -0.2) is 38.4 Å². The van der Waals surface area contributed by atoms with Crippen LogP contribution in [0.2, 0.25) is 0 Å². The highest BCUT2D eigenvalue weighted by molar-refractivity contribution is 5.97. The molecule has 0 heterocycles. The van der Waals surface area contributed by atoms with Gasteiger partial charge in [-0.05, 0) is 62.5 Å². The molecule has 4 rings (SSSR count). The third-order valence-corrected chi connectivity index (χ3v) is 7.24. The third kappa shape index (κ3) is 4.99. The summed E-state index contributed by atoms with van der Waals surface area (Å²) in [6.07, 6.45) is 3.10.